The Balaban J connectivity index is 1.79. The zero-order valence-corrected chi connectivity index (χ0v) is 13.8. The molecule has 0 saturated carbocycles. The summed E-state index contributed by atoms with van der Waals surface area (Å²) in [5.74, 6) is -1.55. The first-order chi connectivity index (χ1) is 11.9. The fourth-order valence-corrected chi connectivity index (χ4v) is 2.86. The van der Waals surface area contributed by atoms with Crippen LogP contribution in [-0.2, 0) is 18.9 Å². The fraction of sp³-hybridized carbons (Fsp3) is 0.562. The number of azide groups is 1. The number of hydrogen-bond donors (Lipinski definition) is 1. The summed E-state index contributed by atoms with van der Waals surface area (Å²) in [6, 6.07) is 7.19. The van der Waals surface area contributed by atoms with Crippen LogP contribution in [0.25, 0.3) is 10.4 Å². The molecule has 0 aromatic heterocycles. The maximum absolute atomic E-state index is 12.3. The van der Waals surface area contributed by atoms with Gasteiger partial charge in [0.2, 0.25) is 6.29 Å². The van der Waals surface area contributed by atoms with Crippen LogP contribution in [0.3, 0.4) is 0 Å². The number of aliphatic hydroxyl groups is 1. The average molecular weight is 349 g/mol. The number of nitrogens with zero attached hydrogens (tertiary/aromatic N) is 3. The van der Waals surface area contributed by atoms with Crippen LogP contribution in [0.4, 0.5) is 0 Å². The van der Waals surface area contributed by atoms with Gasteiger partial charge in [0.15, 0.2) is 5.79 Å². The van der Waals surface area contributed by atoms with E-state index in [4.69, 9.17) is 24.5 Å². The maximum atomic E-state index is 12.3. The van der Waals surface area contributed by atoms with Gasteiger partial charge in [-0.05, 0) is 31.5 Å². The smallest absolute Gasteiger partial charge is 0.340 e. The van der Waals surface area contributed by atoms with Crippen molar-refractivity contribution in [1.82, 2.24) is 0 Å². The van der Waals surface area contributed by atoms with E-state index in [0.717, 1.165) is 0 Å². The summed E-state index contributed by atoms with van der Waals surface area (Å²) >= 11 is 0. The summed E-state index contributed by atoms with van der Waals surface area (Å²) in [4.78, 5) is 15.0. The zero-order chi connectivity index (χ0) is 18.0. The van der Waals surface area contributed by atoms with Gasteiger partial charge in [0, 0.05) is 4.91 Å². The Morgan fingerprint density at radius 1 is 1.40 bits per heavy atom. The molecular weight excluding hydrogens is 330 g/mol. The number of carbonyl (C=O) groups excluding carboxylic acids is 1. The minimum absolute atomic E-state index is 0.150. The van der Waals surface area contributed by atoms with Gasteiger partial charge in [-0.15, -0.1) is 0 Å². The third kappa shape index (κ3) is 3.76. The van der Waals surface area contributed by atoms with E-state index in [1.54, 1.807) is 44.2 Å². The van der Waals surface area contributed by atoms with Gasteiger partial charge in [0.1, 0.15) is 18.2 Å². The molecule has 0 bridgehead atoms. The number of hydrogen-bond acceptors (Lipinski definition) is 7. The Hall–Kier alpha value is -2.16. The zero-order valence-electron chi connectivity index (χ0n) is 13.8. The molecule has 25 heavy (non-hydrogen) atoms. The van der Waals surface area contributed by atoms with E-state index >= 15 is 0 Å². The molecule has 2 aliphatic heterocycles. The van der Waals surface area contributed by atoms with Gasteiger partial charge in [0.05, 0.1) is 18.3 Å². The highest BCUT2D eigenvalue weighted by Gasteiger charge is 2.51. The van der Waals surface area contributed by atoms with Gasteiger partial charge in [-0.2, -0.15) is 0 Å². The van der Waals surface area contributed by atoms with Crippen molar-refractivity contribution >= 4 is 5.97 Å². The summed E-state index contributed by atoms with van der Waals surface area (Å²) in [6.07, 6.45) is -3.85. The Kier molecular flexibility index (Phi) is 4.94. The first kappa shape index (κ1) is 17.7. The van der Waals surface area contributed by atoms with Crippen molar-refractivity contribution in [3.63, 3.8) is 0 Å². The maximum Gasteiger partial charge on any atom is 0.340 e. The number of fused-ring (bicyclic) bond motifs is 1. The Morgan fingerprint density at radius 2 is 2.12 bits per heavy atom. The summed E-state index contributed by atoms with van der Waals surface area (Å²) in [5, 5.41) is 14.1. The highest BCUT2D eigenvalue weighted by molar-refractivity contribution is 5.89. The molecule has 0 spiro atoms. The van der Waals surface area contributed by atoms with Gasteiger partial charge in [-0.25, -0.2) is 4.79 Å². The van der Waals surface area contributed by atoms with Gasteiger partial charge in [-0.1, -0.05) is 23.3 Å². The lowest BCUT2D eigenvalue weighted by Gasteiger charge is -2.48. The molecule has 0 radical (unpaired) electrons. The molecule has 134 valence electrons. The van der Waals surface area contributed by atoms with Crippen LogP contribution in [-0.4, -0.2) is 54.1 Å². The topological polar surface area (TPSA) is 123 Å². The van der Waals surface area contributed by atoms with Crippen molar-refractivity contribution in [2.24, 2.45) is 5.11 Å². The Labute approximate surface area is 144 Å². The fourth-order valence-electron chi connectivity index (χ4n) is 2.86. The van der Waals surface area contributed by atoms with E-state index in [2.05, 4.69) is 10.0 Å². The second kappa shape index (κ2) is 6.99. The monoisotopic (exact) mass is 349 g/mol. The Morgan fingerprint density at radius 3 is 2.80 bits per heavy atom. The first-order valence-electron chi connectivity index (χ1n) is 7.87. The van der Waals surface area contributed by atoms with Crippen LogP contribution < -0.4 is 0 Å². The van der Waals surface area contributed by atoms with Crippen molar-refractivity contribution in [1.29, 1.82) is 0 Å². The van der Waals surface area contributed by atoms with E-state index < -0.39 is 42.4 Å². The lowest BCUT2D eigenvalue weighted by Crippen LogP contribution is -2.64. The Bertz CT molecular complexity index is 676. The number of benzene rings is 1. The van der Waals surface area contributed by atoms with Crippen molar-refractivity contribution < 1.29 is 28.8 Å². The predicted molar refractivity (Wildman–Crippen MR) is 84.4 cm³/mol. The molecule has 2 saturated heterocycles. The van der Waals surface area contributed by atoms with Crippen molar-refractivity contribution in [2.45, 2.75) is 50.3 Å². The molecule has 3 rings (SSSR count). The van der Waals surface area contributed by atoms with Gasteiger partial charge in [-0.3, -0.25) is 0 Å². The third-order valence-electron chi connectivity index (χ3n) is 4.07. The lowest BCUT2D eigenvalue weighted by molar-refractivity contribution is -0.362. The third-order valence-corrected chi connectivity index (χ3v) is 4.07. The molecule has 2 fully saturated rings. The minimum atomic E-state index is -1.24. The molecule has 5 atom stereocenters. The van der Waals surface area contributed by atoms with Crippen LogP contribution in [0.15, 0.2) is 35.4 Å². The molecular formula is C16H19N3O6. The molecule has 9 heteroatoms. The van der Waals surface area contributed by atoms with Crippen LogP contribution in [0.2, 0.25) is 0 Å². The van der Waals surface area contributed by atoms with Gasteiger partial charge >= 0.3 is 5.97 Å². The molecule has 2 heterocycles. The molecule has 9 nitrogen and oxygen atoms in total. The summed E-state index contributed by atoms with van der Waals surface area (Å²) in [5.41, 5.74) is 9.11. The van der Waals surface area contributed by atoms with E-state index in [9.17, 15) is 9.90 Å². The predicted octanol–water partition coefficient (Wildman–Crippen LogP) is 1.76. The molecule has 0 unspecified atom stereocenters. The largest absolute Gasteiger partial charge is 0.432 e. The molecule has 0 amide bonds. The second-order valence-electron chi connectivity index (χ2n) is 6.29. The number of carbonyl (C=O) groups is 1. The van der Waals surface area contributed by atoms with E-state index in [1.165, 1.54) is 0 Å². The van der Waals surface area contributed by atoms with E-state index in [1.807, 2.05) is 0 Å². The summed E-state index contributed by atoms with van der Waals surface area (Å²) < 4.78 is 22.2. The molecule has 1 aromatic rings. The number of rotatable bonds is 3. The van der Waals surface area contributed by atoms with Crippen LogP contribution in [0.1, 0.15) is 24.2 Å². The lowest BCUT2D eigenvalue weighted by atomic mass is 9.96. The average Bonchev–Trinajstić information content (AvgIpc) is 2.59. The normalized spacial score (nSPS) is 33.6. The molecule has 2 aliphatic rings. The van der Waals surface area contributed by atoms with Crippen molar-refractivity contribution in [2.75, 3.05) is 6.61 Å². The molecule has 1 N–H and O–H groups in total. The molecule has 0 aliphatic carbocycles. The number of aliphatic hydroxyl groups excluding tert-OH is 1. The SMILES string of the molecule is CC1(C)OC[C@H]2O[C@@H](OC(=O)c3ccccc3)[C@H](N=[N+]=[N-])[C@@H](O)[C@@H]2O1. The van der Waals surface area contributed by atoms with Crippen LogP contribution in [0, 0.1) is 0 Å². The summed E-state index contributed by atoms with van der Waals surface area (Å²) in [6.45, 7) is 3.57. The minimum Gasteiger partial charge on any atom is -0.432 e. The van der Waals surface area contributed by atoms with Crippen molar-refractivity contribution in [3.05, 3.63) is 46.3 Å². The quantitative estimate of drug-likeness (QED) is 0.384. The van der Waals surface area contributed by atoms with Gasteiger partial charge < -0.3 is 24.1 Å². The highest BCUT2D eigenvalue weighted by Crippen LogP contribution is 2.34. The standard InChI is InChI=1S/C16H19N3O6/c1-16(2)22-8-10-13(25-16)12(20)11(18-19-17)15(23-10)24-14(21)9-6-4-3-5-7-9/h3-7,10-13,15,20H,8H2,1-2H3/t10-,11-,12-,13-,15+/m1/s1. The first-order valence-corrected chi connectivity index (χ1v) is 7.87. The number of esters is 1. The molecule has 1 aromatic carbocycles. The van der Waals surface area contributed by atoms with E-state index in [-0.39, 0.29) is 6.61 Å². The second-order valence-corrected chi connectivity index (χ2v) is 6.29. The van der Waals surface area contributed by atoms with E-state index in [0.29, 0.717) is 5.56 Å². The highest BCUT2D eigenvalue weighted by atomic mass is 16.8. The van der Waals surface area contributed by atoms with Crippen molar-refractivity contribution in [3.8, 4) is 0 Å². The van der Waals surface area contributed by atoms with Crippen LogP contribution >= 0.6 is 0 Å². The van der Waals surface area contributed by atoms with Crippen LogP contribution in [0.5, 0.6) is 0 Å². The van der Waals surface area contributed by atoms with Gasteiger partial charge in [0.25, 0.3) is 0 Å². The number of ether oxygens (including phenoxy) is 4. The summed E-state index contributed by atoms with van der Waals surface area (Å²) in [7, 11) is 0.